The van der Waals surface area contributed by atoms with Crippen molar-refractivity contribution in [1.29, 1.82) is 0 Å². The van der Waals surface area contributed by atoms with Crippen LogP contribution in [0, 0.1) is 5.82 Å². The number of anilines is 1. The van der Waals surface area contributed by atoms with E-state index < -0.39 is 0 Å². The van der Waals surface area contributed by atoms with Gasteiger partial charge in [0.2, 0.25) is 5.91 Å². The third-order valence-corrected chi connectivity index (χ3v) is 4.45. The van der Waals surface area contributed by atoms with Gasteiger partial charge < -0.3 is 5.32 Å². The molecule has 0 aliphatic rings. The number of hydrogen-bond acceptors (Lipinski definition) is 3. The molecule has 1 aromatic heterocycles. The van der Waals surface area contributed by atoms with Crippen LogP contribution >= 0.6 is 0 Å². The van der Waals surface area contributed by atoms with Gasteiger partial charge >= 0.3 is 0 Å². The SMILES string of the molecule is CCc1cccc(NC(=O)Cn2c(-c3ccc(F)cc3)nc(CC)cc2=O)c1. The predicted octanol–water partition coefficient (Wildman–Crippen LogP) is 3.81. The summed E-state index contributed by atoms with van der Waals surface area (Å²) in [6, 6.07) is 14.7. The quantitative estimate of drug-likeness (QED) is 0.708. The molecule has 28 heavy (non-hydrogen) atoms. The normalized spacial score (nSPS) is 10.7. The summed E-state index contributed by atoms with van der Waals surface area (Å²) in [5, 5.41) is 2.82. The minimum Gasteiger partial charge on any atom is -0.325 e. The van der Waals surface area contributed by atoms with Crippen LogP contribution in [0.3, 0.4) is 0 Å². The van der Waals surface area contributed by atoms with Gasteiger partial charge in [-0.1, -0.05) is 26.0 Å². The minimum absolute atomic E-state index is 0.182. The van der Waals surface area contributed by atoms with E-state index in [2.05, 4.69) is 10.3 Å². The van der Waals surface area contributed by atoms with Crippen LogP contribution in [0.4, 0.5) is 10.1 Å². The van der Waals surface area contributed by atoms with Crippen LogP contribution < -0.4 is 10.9 Å². The molecule has 0 unspecified atom stereocenters. The lowest BCUT2D eigenvalue weighted by Crippen LogP contribution is -2.30. The summed E-state index contributed by atoms with van der Waals surface area (Å²) in [4.78, 5) is 29.7. The first-order valence-corrected chi connectivity index (χ1v) is 9.25. The van der Waals surface area contributed by atoms with Crippen LogP contribution in [-0.2, 0) is 24.2 Å². The summed E-state index contributed by atoms with van der Waals surface area (Å²) >= 11 is 0. The smallest absolute Gasteiger partial charge is 0.254 e. The summed E-state index contributed by atoms with van der Waals surface area (Å²) in [7, 11) is 0. The third kappa shape index (κ3) is 4.52. The van der Waals surface area contributed by atoms with Gasteiger partial charge in [0.15, 0.2) is 0 Å². The van der Waals surface area contributed by atoms with E-state index in [1.54, 1.807) is 18.2 Å². The molecule has 1 amide bonds. The van der Waals surface area contributed by atoms with Crippen LogP contribution in [0.1, 0.15) is 25.1 Å². The molecule has 2 aromatic carbocycles. The molecule has 0 saturated carbocycles. The van der Waals surface area contributed by atoms with Crippen LogP contribution in [0.2, 0.25) is 0 Å². The second-order valence-electron chi connectivity index (χ2n) is 6.46. The van der Waals surface area contributed by atoms with Crippen molar-refractivity contribution in [3.05, 3.63) is 82.0 Å². The maximum absolute atomic E-state index is 13.3. The van der Waals surface area contributed by atoms with Gasteiger partial charge in [-0.05, 0) is 54.8 Å². The average molecular weight is 379 g/mol. The Morgan fingerprint density at radius 2 is 1.82 bits per heavy atom. The van der Waals surface area contributed by atoms with E-state index in [0.29, 0.717) is 29.2 Å². The molecule has 6 heteroatoms. The number of halogens is 1. The number of hydrogen-bond donors (Lipinski definition) is 1. The van der Waals surface area contributed by atoms with E-state index in [1.165, 1.54) is 22.8 Å². The van der Waals surface area contributed by atoms with E-state index >= 15 is 0 Å². The summed E-state index contributed by atoms with van der Waals surface area (Å²) in [6.07, 6.45) is 1.45. The Bertz CT molecular complexity index is 1040. The monoisotopic (exact) mass is 379 g/mol. The van der Waals surface area contributed by atoms with Crippen molar-refractivity contribution in [3.63, 3.8) is 0 Å². The number of benzene rings is 2. The highest BCUT2D eigenvalue weighted by Crippen LogP contribution is 2.18. The Balaban J connectivity index is 1.93. The fourth-order valence-electron chi connectivity index (χ4n) is 2.92. The molecule has 3 rings (SSSR count). The van der Waals surface area contributed by atoms with E-state index in [4.69, 9.17) is 0 Å². The van der Waals surface area contributed by atoms with Crippen molar-refractivity contribution in [2.45, 2.75) is 33.2 Å². The van der Waals surface area contributed by atoms with Crippen molar-refractivity contribution in [1.82, 2.24) is 9.55 Å². The number of rotatable bonds is 6. The van der Waals surface area contributed by atoms with Gasteiger partial charge in [-0.3, -0.25) is 14.2 Å². The average Bonchev–Trinajstić information content (AvgIpc) is 2.70. The van der Waals surface area contributed by atoms with E-state index in [1.807, 2.05) is 32.0 Å². The number of nitrogens with one attached hydrogen (secondary N) is 1. The van der Waals surface area contributed by atoms with Crippen molar-refractivity contribution in [3.8, 4) is 11.4 Å². The topological polar surface area (TPSA) is 64.0 Å². The summed E-state index contributed by atoms with van der Waals surface area (Å²) in [6.45, 7) is 3.75. The zero-order chi connectivity index (χ0) is 20.1. The molecule has 0 atom stereocenters. The lowest BCUT2D eigenvalue weighted by molar-refractivity contribution is -0.116. The van der Waals surface area contributed by atoms with Crippen LogP contribution in [-0.4, -0.2) is 15.5 Å². The number of aryl methyl sites for hydroxylation is 2. The van der Waals surface area contributed by atoms with E-state index in [0.717, 1.165) is 12.0 Å². The summed E-state index contributed by atoms with van der Waals surface area (Å²) in [5.74, 6) is -0.357. The lowest BCUT2D eigenvalue weighted by Gasteiger charge is -2.14. The third-order valence-electron chi connectivity index (χ3n) is 4.45. The zero-order valence-electron chi connectivity index (χ0n) is 15.9. The molecule has 0 aliphatic heterocycles. The molecule has 3 aromatic rings. The van der Waals surface area contributed by atoms with Crippen molar-refractivity contribution < 1.29 is 9.18 Å². The van der Waals surface area contributed by atoms with E-state index in [9.17, 15) is 14.0 Å². The molecule has 144 valence electrons. The molecule has 0 aliphatic carbocycles. The van der Waals surface area contributed by atoms with Crippen LogP contribution in [0.5, 0.6) is 0 Å². The van der Waals surface area contributed by atoms with E-state index in [-0.39, 0.29) is 23.8 Å². The molecular weight excluding hydrogens is 357 g/mol. The molecule has 0 radical (unpaired) electrons. The van der Waals surface area contributed by atoms with Gasteiger partial charge in [-0.25, -0.2) is 9.37 Å². The summed E-state index contributed by atoms with van der Waals surface area (Å²) in [5.41, 5.74) is 2.67. The number of carbonyl (C=O) groups is 1. The predicted molar refractivity (Wildman–Crippen MR) is 108 cm³/mol. The first-order valence-electron chi connectivity index (χ1n) is 9.25. The number of nitrogens with zero attached hydrogens (tertiary/aromatic N) is 2. The van der Waals surface area contributed by atoms with Crippen LogP contribution in [0.15, 0.2) is 59.4 Å². The molecule has 0 saturated heterocycles. The number of aromatic nitrogens is 2. The van der Waals surface area contributed by atoms with Gasteiger partial charge in [0, 0.05) is 23.0 Å². The first kappa shape index (κ1) is 19.5. The molecule has 1 heterocycles. The Labute approximate surface area is 162 Å². The fourth-order valence-corrected chi connectivity index (χ4v) is 2.92. The minimum atomic E-state index is -0.377. The van der Waals surface area contributed by atoms with Gasteiger partial charge in [-0.15, -0.1) is 0 Å². The van der Waals surface area contributed by atoms with Crippen LogP contribution in [0.25, 0.3) is 11.4 Å². The Morgan fingerprint density at radius 3 is 2.50 bits per heavy atom. The highest BCUT2D eigenvalue weighted by atomic mass is 19.1. The lowest BCUT2D eigenvalue weighted by atomic mass is 10.1. The highest BCUT2D eigenvalue weighted by molar-refractivity contribution is 5.90. The van der Waals surface area contributed by atoms with Gasteiger partial charge in [0.05, 0.1) is 0 Å². The second kappa shape index (κ2) is 8.61. The number of carbonyl (C=O) groups excluding carboxylic acids is 1. The molecule has 1 N–H and O–H groups in total. The summed E-state index contributed by atoms with van der Waals surface area (Å²) < 4.78 is 14.6. The molecule has 0 fully saturated rings. The number of amides is 1. The Morgan fingerprint density at radius 1 is 1.07 bits per heavy atom. The molecule has 5 nitrogen and oxygen atoms in total. The maximum atomic E-state index is 13.3. The standard InChI is InChI=1S/C22H22FN3O2/c1-3-15-6-5-7-19(12-15)24-20(27)14-26-21(28)13-18(4-2)25-22(26)16-8-10-17(23)11-9-16/h5-13H,3-4,14H2,1-2H3,(H,24,27). The van der Waals surface area contributed by atoms with Gasteiger partial charge in [0.1, 0.15) is 18.2 Å². The molecular formula is C22H22FN3O2. The Kier molecular flexibility index (Phi) is 5.99. The largest absolute Gasteiger partial charge is 0.325 e. The van der Waals surface area contributed by atoms with Crippen molar-refractivity contribution >= 4 is 11.6 Å². The maximum Gasteiger partial charge on any atom is 0.254 e. The first-order chi connectivity index (χ1) is 13.5. The second-order valence-corrected chi connectivity index (χ2v) is 6.46. The zero-order valence-corrected chi connectivity index (χ0v) is 15.9. The van der Waals surface area contributed by atoms with Gasteiger partial charge in [0.25, 0.3) is 5.56 Å². The van der Waals surface area contributed by atoms with Crippen molar-refractivity contribution in [2.24, 2.45) is 0 Å². The van der Waals surface area contributed by atoms with Gasteiger partial charge in [-0.2, -0.15) is 0 Å². The molecule has 0 spiro atoms. The van der Waals surface area contributed by atoms with Crippen molar-refractivity contribution in [2.75, 3.05) is 5.32 Å². The highest BCUT2D eigenvalue weighted by Gasteiger charge is 2.14. The molecule has 0 bridgehead atoms. The Hall–Kier alpha value is -3.28. The fraction of sp³-hybridized carbons (Fsp3) is 0.227.